The number of likely N-dealkylation sites (tertiary alicyclic amines) is 1. The number of hydrogen-bond donors (Lipinski definition) is 2. The summed E-state index contributed by atoms with van der Waals surface area (Å²) >= 11 is 0. The molecule has 0 spiro atoms. The topological polar surface area (TPSA) is 107 Å². The summed E-state index contributed by atoms with van der Waals surface area (Å²) in [5.41, 5.74) is 8.44. The van der Waals surface area contributed by atoms with E-state index >= 15 is 0 Å². The number of aromatic amines is 1. The Labute approximate surface area is 171 Å². The number of carbonyl (C=O) groups excluding carboxylic acids is 1. The molecule has 3 N–H and O–H groups in total. The van der Waals surface area contributed by atoms with E-state index in [2.05, 4.69) is 19.9 Å². The van der Waals surface area contributed by atoms with Crippen LogP contribution in [0.15, 0.2) is 30.5 Å². The second-order valence-corrected chi connectivity index (χ2v) is 7.52. The highest BCUT2D eigenvalue weighted by atomic mass is 16.2. The summed E-state index contributed by atoms with van der Waals surface area (Å²) < 4.78 is 0. The Morgan fingerprint density at radius 3 is 2.48 bits per heavy atom. The van der Waals surface area contributed by atoms with Crippen molar-refractivity contribution in [1.82, 2.24) is 29.7 Å². The minimum absolute atomic E-state index is 0. The number of carbonyl (C=O) groups is 1. The Bertz CT molecular complexity index is 1010. The van der Waals surface area contributed by atoms with Gasteiger partial charge in [0.15, 0.2) is 17.3 Å². The molecule has 2 saturated heterocycles. The molecule has 2 amide bonds. The number of H-pyrrole nitrogens is 1. The van der Waals surface area contributed by atoms with Crippen molar-refractivity contribution in [2.45, 2.75) is 12.8 Å². The molecule has 0 aliphatic carbocycles. The molecule has 0 atom stereocenters. The van der Waals surface area contributed by atoms with Gasteiger partial charge in [-0.2, -0.15) is 0 Å². The van der Waals surface area contributed by atoms with Crippen LogP contribution >= 0.6 is 0 Å². The lowest BCUT2D eigenvalue weighted by Crippen LogP contribution is -2.52. The third-order valence-corrected chi connectivity index (χ3v) is 5.65. The Hall–Kier alpha value is -3.36. The van der Waals surface area contributed by atoms with E-state index in [1.54, 1.807) is 6.20 Å². The summed E-state index contributed by atoms with van der Waals surface area (Å²) in [5.74, 6) is 1.71. The van der Waals surface area contributed by atoms with Crippen molar-refractivity contribution in [3.63, 3.8) is 0 Å². The van der Waals surface area contributed by atoms with Crippen LogP contribution in [0.3, 0.4) is 0 Å². The van der Waals surface area contributed by atoms with Gasteiger partial charge in [0.1, 0.15) is 5.82 Å². The first kappa shape index (κ1) is 17.7. The summed E-state index contributed by atoms with van der Waals surface area (Å²) in [6, 6.07) is 7.98. The number of benzene rings is 1. The maximum atomic E-state index is 12.6. The normalized spacial score (nSPS) is 17.3. The number of para-hydroxylation sites is 2. The van der Waals surface area contributed by atoms with Gasteiger partial charge in [0.05, 0.1) is 17.2 Å². The lowest BCUT2D eigenvalue weighted by atomic mass is 10.3. The van der Waals surface area contributed by atoms with Gasteiger partial charge in [0, 0.05) is 42.1 Å². The van der Waals surface area contributed by atoms with E-state index in [1.165, 1.54) is 0 Å². The average molecular weight is 396 g/mol. The fourth-order valence-electron chi connectivity index (χ4n) is 4.02. The number of imidazole rings is 1. The van der Waals surface area contributed by atoms with E-state index in [-0.39, 0.29) is 8.88 Å². The first-order chi connectivity index (χ1) is 14.2. The van der Waals surface area contributed by atoms with Crippen molar-refractivity contribution in [3.05, 3.63) is 30.5 Å². The summed E-state index contributed by atoms with van der Waals surface area (Å²) in [7, 11) is 0. The molecule has 2 aliphatic heterocycles. The van der Waals surface area contributed by atoms with Crippen LogP contribution in [0.25, 0.3) is 22.6 Å². The molecule has 9 heteroatoms. The number of nitrogens with zero attached hydrogens (tertiary/aromatic N) is 6. The van der Waals surface area contributed by atoms with E-state index in [9.17, 15) is 4.79 Å². The van der Waals surface area contributed by atoms with E-state index < -0.39 is 0 Å². The fourth-order valence-corrected chi connectivity index (χ4v) is 4.02. The molecule has 29 heavy (non-hydrogen) atoms. The highest BCUT2D eigenvalue weighted by Crippen LogP contribution is 2.25. The van der Waals surface area contributed by atoms with E-state index in [4.69, 9.17) is 10.7 Å². The monoisotopic (exact) mass is 396 g/mol. The number of amides is 2. The van der Waals surface area contributed by atoms with Crippen LogP contribution in [-0.4, -0.2) is 75.0 Å². The smallest absolute Gasteiger partial charge is 0.320 e. The Morgan fingerprint density at radius 1 is 1.00 bits per heavy atom. The van der Waals surface area contributed by atoms with Crippen LogP contribution in [-0.2, 0) is 0 Å². The second kappa shape index (κ2) is 7.23. The maximum absolute atomic E-state index is 12.6. The molecule has 4 heterocycles. The lowest BCUT2D eigenvalue weighted by molar-refractivity contribution is 0.159. The number of rotatable bonds is 2. The number of urea groups is 1. The molecular formula is C20H28N8O. The van der Waals surface area contributed by atoms with Crippen molar-refractivity contribution in [3.8, 4) is 11.5 Å². The first-order valence-electron chi connectivity index (χ1n) is 10.1. The molecule has 0 saturated carbocycles. The summed E-state index contributed by atoms with van der Waals surface area (Å²) in [4.78, 5) is 35.6. The van der Waals surface area contributed by atoms with Gasteiger partial charge in [0.2, 0.25) is 0 Å². The molecule has 1 aromatic carbocycles. The summed E-state index contributed by atoms with van der Waals surface area (Å²) in [6.07, 6.45) is 3.91. The van der Waals surface area contributed by atoms with Crippen LogP contribution in [0.1, 0.15) is 15.7 Å². The Kier molecular flexibility index (Phi) is 4.42. The molecular weight excluding hydrogens is 368 g/mol. The maximum Gasteiger partial charge on any atom is 0.320 e. The number of nitrogens with two attached hydrogens (primary N) is 1. The van der Waals surface area contributed by atoms with Gasteiger partial charge in [-0.3, -0.25) is 0 Å². The molecule has 2 aliphatic rings. The fraction of sp³-hybridized carbons (Fsp3) is 0.400. The van der Waals surface area contributed by atoms with Crippen LogP contribution in [0.4, 0.5) is 16.4 Å². The molecule has 3 aromatic rings. The highest BCUT2D eigenvalue weighted by Gasteiger charge is 2.27. The molecule has 0 unspecified atom stereocenters. The summed E-state index contributed by atoms with van der Waals surface area (Å²) in [6.45, 7) is 4.56. The minimum Gasteiger partial charge on any atom is -0.382 e. The van der Waals surface area contributed by atoms with Gasteiger partial charge in [0.25, 0.3) is 0 Å². The molecule has 2 aromatic heterocycles. The predicted octanol–water partition coefficient (Wildman–Crippen LogP) is 2.43. The van der Waals surface area contributed by atoms with Gasteiger partial charge in [-0.15, -0.1) is 0 Å². The van der Waals surface area contributed by atoms with E-state index in [0.29, 0.717) is 30.4 Å². The zero-order chi connectivity index (χ0) is 19.8. The third kappa shape index (κ3) is 3.32. The zero-order valence-corrected chi connectivity index (χ0v) is 16.2. The van der Waals surface area contributed by atoms with Crippen molar-refractivity contribution < 1.29 is 7.65 Å². The molecule has 0 radical (unpaired) electrons. The van der Waals surface area contributed by atoms with Gasteiger partial charge in [-0.05, 0) is 25.0 Å². The highest BCUT2D eigenvalue weighted by molar-refractivity contribution is 5.80. The predicted molar refractivity (Wildman–Crippen MR) is 116 cm³/mol. The Balaban J connectivity index is 0.00000136. The van der Waals surface area contributed by atoms with Crippen LogP contribution in [0.2, 0.25) is 0 Å². The molecule has 154 valence electrons. The van der Waals surface area contributed by atoms with Gasteiger partial charge >= 0.3 is 6.03 Å². The largest absolute Gasteiger partial charge is 0.382 e. The standard InChI is InChI=1S/C20H24N8O.2H2/c21-18-17(19-23-14-5-1-2-6-15(14)24-19)25-16(13-22-18)26-9-11-28(12-10-26)20(29)27-7-3-4-8-27;;/h1-2,5-6,13H,3-4,7-12H2,(H2,21,22)(H,23,24);2*1H. The molecule has 0 bridgehead atoms. The molecule has 9 nitrogen and oxygen atoms in total. The molecule has 2 fully saturated rings. The SMILES string of the molecule is Nc1ncc(N2CCN(C(=O)N3CCCC3)CC2)nc1-c1nc2ccccc2[nH]1.[HH].[HH]. The van der Waals surface area contributed by atoms with Crippen molar-refractivity contribution in [1.29, 1.82) is 0 Å². The second-order valence-electron chi connectivity index (χ2n) is 7.52. The number of fused-ring (bicyclic) bond motifs is 1. The van der Waals surface area contributed by atoms with Gasteiger partial charge in [-0.25, -0.2) is 19.7 Å². The van der Waals surface area contributed by atoms with Crippen LogP contribution in [0, 0.1) is 0 Å². The molecule has 5 rings (SSSR count). The van der Waals surface area contributed by atoms with Crippen LogP contribution < -0.4 is 10.6 Å². The van der Waals surface area contributed by atoms with Gasteiger partial charge in [-0.1, -0.05) is 12.1 Å². The number of anilines is 2. The van der Waals surface area contributed by atoms with Crippen molar-refractivity contribution in [2.24, 2.45) is 0 Å². The number of aromatic nitrogens is 4. The van der Waals surface area contributed by atoms with Crippen molar-refractivity contribution >= 4 is 28.7 Å². The zero-order valence-electron chi connectivity index (χ0n) is 16.2. The number of nitrogen functional groups attached to an aromatic ring is 1. The van der Waals surface area contributed by atoms with Gasteiger partial charge < -0.3 is 25.4 Å². The number of piperazine rings is 1. The van der Waals surface area contributed by atoms with Crippen molar-refractivity contribution in [2.75, 3.05) is 49.9 Å². The quantitative estimate of drug-likeness (QED) is 0.689. The summed E-state index contributed by atoms with van der Waals surface area (Å²) in [5, 5.41) is 0. The average Bonchev–Trinajstić information content (AvgIpc) is 3.44. The number of nitrogens with one attached hydrogen (secondary N) is 1. The lowest BCUT2D eigenvalue weighted by Gasteiger charge is -2.37. The third-order valence-electron chi connectivity index (χ3n) is 5.65. The number of hydrogen-bond acceptors (Lipinski definition) is 6. The first-order valence-corrected chi connectivity index (χ1v) is 10.1. The van der Waals surface area contributed by atoms with E-state index in [0.717, 1.165) is 55.9 Å². The Morgan fingerprint density at radius 2 is 1.72 bits per heavy atom. The van der Waals surface area contributed by atoms with Crippen LogP contribution in [0.5, 0.6) is 0 Å². The van der Waals surface area contributed by atoms with E-state index in [1.807, 2.05) is 34.1 Å². The minimum atomic E-state index is 0.